The van der Waals surface area contributed by atoms with Crippen molar-refractivity contribution in [3.8, 4) is 5.75 Å². The van der Waals surface area contributed by atoms with Gasteiger partial charge < -0.3 is 18.9 Å². The fraction of sp³-hybridized carbons (Fsp3) is 0.640. The van der Waals surface area contributed by atoms with Crippen LogP contribution in [0, 0.1) is 11.3 Å². The summed E-state index contributed by atoms with van der Waals surface area (Å²) in [6.07, 6.45) is 2.54. The Kier molecular flexibility index (Phi) is 6.86. The van der Waals surface area contributed by atoms with Gasteiger partial charge in [0.05, 0.1) is 19.3 Å². The third-order valence-corrected chi connectivity index (χ3v) is 7.17. The number of carbonyl (C=O) groups is 3. The van der Waals surface area contributed by atoms with E-state index in [9.17, 15) is 14.4 Å². The predicted molar refractivity (Wildman–Crippen MR) is 118 cm³/mol. The number of esters is 3. The van der Waals surface area contributed by atoms with Crippen LogP contribution in [0.2, 0.25) is 0 Å². The minimum Gasteiger partial charge on any atom is -0.485 e. The Morgan fingerprint density at radius 2 is 1.91 bits per heavy atom. The van der Waals surface area contributed by atoms with Crippen molar-refractivity contribution >= 4 is 17.9 Å². The van der Waals surface area contributed by atoms with E-state index in [-0.39, 0.29) is 30.4 Å². The lowest BCUT2D eigenvalue weighted by atomic mass is 9.58. The molecule has 0 N–H and O–H groups in total. The van der Waals surface area contributed by atoms with Crippen LogP contribution in [-0.2, 0) is 36.6 Å². The van der Waals surface area contributed by atoms with Crippen LogP contribution in [0.5, 0.6) is 5.75 Å². The summed E-state index contributed by atoms with van der Waals surface area (Å²) in [4.78, 5) is 36.1. The van der Waals surface area contributed by atoms with E-state index >= 15 is 0 Å². The average molecular weight is 447 g/mol. The molecule has 7 heteroatoms. The minimum absolute atomic E-state index is 0.191. The van der Waals surface area contributed by atoms with Gasteiger partial charge in [-0.05, 0) is 55.4 Å². The number of ether oxygens (including phenoxy) is 4. The van der Waals surface area contributed by atoms with Gasteiger partial charge in [0, 0.05) is 25.2 Å². The number of rotatable bonds is 6. The maximum absolute atomic E-state index is 12.3. The number of carbonyl (C=O) groups excluding carboxylic acids is 3. The van der Waals surface area contributed by atoms with Crippen molar-refractivity contribution < 1.29 is 33.3 Å². The molecule has 1 spiro atoms. The second-order valence-electron chi connectivity index (χ2n) is 9.39. The lowest BCUT2D eigenvalue weighted by Crippen LogP contribution is -2.62. The van der Waals surface area contributed by atoms with E-state index in [0.29, 0.717) is 30.8 Å². The van der Waals surface area contributed by atoms with Crippen molar-refractivity contribution in [3.63, 3.8) is 0 Å². The molecule has 0 aromatic heterocycles. The molecule has 0 amide bonds. The summed E-state index contributed by atoms with van der Waals surface area (Å²) in [5, 5.41) is 0. The summed E-state index contributed by atoms with van der Waals surface area (Å²) in [5.74, 6) is -0.105. The third kappa shape index (κ3) is 4.21. The highest BCUT2D eigenvalue weighted by Gasteiger charge is 2.61. The number of benzene rings is 1. The molecule has 1 fully saturated rings. The highest BCUT2D eigenvalue weighted by molar-refractivity contribution is 5.90. The van der Waals surface area contributed by atoms with Crippen molar-refractivity contribution in [2.24, 2.45) is 11.3 Å². The number of methoxy groups -OCH3 is 1. The summed E-state index contributed by atoms with van der Waals surface area (Å²) >= 11 is 0. The maximum Gasteiger partial charge on any atom is 0.337 e. The third-order valence-electron chi connectivity index (χ3n) is 7.17. The largest absolute Gasteiger partial charge is 0.485 e. The first kappa shape index (κ1) is 24.1. The van der Waals surface area contributed by atoms with Gasteiger partial charge in [0.1, 0.15) is 17.5 Å². The predicted octanol–water partition coefficient (Wildman–Crippen LogP) is 4.03. The van der Waals surface area contributed by atoms with E-state index in [4.69, 9.17) is 18.9 Å². The van der Waals surface area contributed by atoms with Gasteiger partial charge in [-0.1, -0.05) is 20.8 Å². The van der Waals surface area contributed by atoms with Gasteiger partial charge in [-0.3, -0.25) is 9.59 Å². The van der Waals surface area contributed by atoms with Gasteiger partial charge >= 0.3 is 17.9 Å². The van der Waals surface area contributed by atoms with Crippen LogP contribution >= 0.6 is 0 Å². The monoisotopic (exact) mass is 446 g/mol. The lowest BCUT2D eigenvalue weighted by Gasteiger charge is -2.54. The smallest absolute Gasteiger partial charge is 0.337 e. The van der Waals surface area contributed by atoms with Crippen LogP contribution < -0.4 is 4.74 Å². The van der Waals surface area contributed by atoms with Gasteiger partial charge in [-0.15, -0.1) is 0 Å². The molecule has 0 unspecified atom stereocenters. The molecule has 1 aliphatic heterocycles. The molecule has 2 aliphatic rings. The van der Waals surface area contributed by atoms with Gasteiger partial charge in [-0.2, -0.15) is 0 Å². The lowest BCUT2D eigenvalue weighted by molar-refractivity contribution is -0.186. The van der Waals surface area contributed by atoms with E-state index < -0.39 is 17.0 Å². The first-order valence-electron chi connectivity index (χ1n) is 11.3. The van der Waals surface area contributed by atoms with Crippen LogP contribution in [0.4, 0.5) is 0 Å². The maximum atomic E-state index is 12.3. The van der Waals surface area contributed by atoms with Crippen molar-refractivity contribution in [2.45, 2.75) is 78.4 Å². The Balaban J connectivity index is 2.01. The molecule has 1 aromatic carbocycles. The standard InChI is InChI=1S/C25H34O7/c1-7-30-21(27)11-9-17-12-18(23(28)29-6)13-19-14-25(32-22(17)19)15(2)8-10-20(24(25,4)5)31-16(3)26/h12-13,15,20H,7-11,14H2,1-6H3/t15-,20+,25+/m1/s1. The highest BCUT2D eigenvalue weighted by atomic mass is 16.6. The molecule has 32 heavy (non-hydrogen) atoms. The van der Waals surface area contributed by atoms with Crippen LogP contribution in [-0.4, -0.2) is 43.3 Å². The molecule has 0 bridgehead atoms. The molecule has 3 atom stereocenters. The molecular formula is C25H34O7. The zero-order chi connectivity index (χ0) is 23.7. The van der Waals surface area contributed by atoms with Gasteiger partial charge in [0.25, 0.3) is 0 Å². The quantitative estimate of drug-likeness (QED) is 0.481. The molecule has 3 rings (SSSR count). The van der Waals surface area contributed by atoms with Gasteiger partial charge in [0.15, 0.2) is 0 Å². The number of aryl methyl sites for hydroxylation is 1. The summed E-state index contributed by atoms with van der Waals surface area (Å²) < 4.78 is 22.5. The zero-order valence-electron chi connectivity index (χ0n) is 19.9. The second-order valence-corrected chi connectivity index (χ2v) is 9.39. The summed E-state index contributed by atoms with van der Waals surface area (Å²) in [7, 11) is 1.35. The summed E-state index contributed by atoms with van der Waals surface area (Å²) in [6.45, 7) is 9.86. The van der Waals surface area contributed by atoms with Crippen molar-refractivity contribution in [3.05, 3.63) is 28.8 Å². The van der Waals surface area contributed by atoms with E-state index in [1.807, 2.05) is 6.07 Å². The Morgan fingerprint density at radius 1 is 1.19 bits per heavy atom. The molecule has 0 radical (unpaired) electrons. The first-order valence-corrected chi connectivity index (χ1v) is 11.3. The highest BCUT2D eigenvalue weighted by Crippen LogP contribution is 2.57. The van der Waals surface area contributed by atoms with Crippen molar-refractivity contribution in [1.82, 2.24) is 0 Å². The van der Waals surface area contributed by atoms with Crippen molar-refractivity contribution in [2.75, 3.05) is 13.7 Å². The first-order chi connectivity index (χ1) is 15.1. The molecule has 0 saturated heterocycles. The van der Waals surface area contributed by atoms with Gasteiger partial charge in [-0.25, -0.2) is 4.79 Å². The van der Waals surface area contributed by atoms with E-state index in [1.54, 1.807) is 13.0 Å². The van der Waals surface area contributed by atoms with Crippen molar-refractivity contribution in [1.29, 1.82) is 0 Å². The fourth-order valence-electron chi connectivity index (χ4n) is 5.35. The Hall–Kier alpha value is -2.57. The summed E-state index contributed by atoms with van der Waals surface area (Å²) in [5.41, 5.74) is 1.07. The molecule has 176 valence electrons. The van der Waals surface area contributed by atoms with Crippen LogP contribution in [0.25, 0.3) is 0 Å². The minimum atomic E-state index is -0.596. The molecule has 7 nitrogen and oxygen atoms in total. The second kappa shape index (κ2) is 9.12. The Bertz CT molecular complexity index is 904. The number of hydrogen-bond acceptors (Lipinski definition) is 7. The molecule has 1 aliphatic carbocycles. The molecular weight excluding hydrogens is 412 g/mol. The van der Waals surface area contributed by atoms with E-state index in [0.717, 1.165) is 24.0 Å². The molecule has 1 aromatic rings. The normalized spacial score (nSPS) is 25.6. The number of fused-ring (bicyclic) bond motifs is 1. The Morgan fingerprint density at radius 3 is 2.53 bits per heavy atom. The average Bonchev–Trinajstić information content (AvgIpc) is 3.14. The molecule has 1 heterocycles. The Labute approximate surface area is 189 Å². The van der Waals surface area contributed by atoms with Crippen LogP contribution in [0.1, 0.15) is 75.4 Å². The SMILES string of the molecule is CCOC(=O)CCc1cc(C(=O)OC)cc2c1O[C@@]1(C2)[C@H](C)CC[C@H](OC(C)=O)C1(C)C. The molecule has 1 saturated carbocycles. The van der Waals surface area contributed by atoms with Crippen LogP contribution in [0.3, 0.4) is 0 Å². The topological polar surface area (TPSA) is 88.1 Å². The fourth-order valence-corrected chi connectivity index (χ4v) is 5.35. The van der Waals surface area contributed by atoms with Gasteiger partial charge in [0.2, 0.25) is 0 Å². The number of hydrogen-bond donors (Lipinski definition) is 0. The zero-order valence-corrected chi connectivity index (χ0v) is 19.9. The van der Waals surface area contributed by atoms with E-state index in [1.165, 1.54) is 14.0 Å². The van der Waals surface area contributed by atoms with Crippen LogP contribution in [0.15, 0.2) is 12.1 Å². The summed E-state index contributed by atoms with van der Waals surface area (Å²) in [6, 6.07) is 3.56. The van der Waals surface area contributed by atoms with E-state index in [2.05, 4.69) is 20.8 Å².